The lowest BCUT2D eigenvalue weighted by Gasteiger charge is -2.15. The van der Waals surface area contributed by atoms with Crippen LogP contribution in [0.15, 0.2) is 48.8 Å². The molecule has 2 heterocycles. The fourth-order valence-electron chi connectivity index (χ4n) is 4.15. The highest BCUT2D eigenvalue weighted by Gasteiger charge is 2.21. The first-order chi connectivity index (χ1) is 19.0. The van der Waals surface area contributed by atoms with E-state index in [2.05, 4.69) is 25.5 Å². The molecule has 0 unspecified atom stereocenters. The first-order valence-corrected chi connectivity index (χ1v) is 12.9. The number of rotatable bonds is 13. The summed E-state index contributed by atoms with van der Waals surface area (Å²) in [6, 6.07) is 7.71. The van der Waals surface area contributed by atoms with Gasteiger partial charge >= 0.3 is 0 Å². The minimum absolute atomic E-state index is 0.00673. The van der Waals surface area contributed by atoms with Gasteiger partial charge in [-0.3, -0.25) is 9.69 Å². The van der Waals surface area contributed by atoms with E-state index < -0.39 is 5.82 Å². The highest BCUT2D eigenvalue weighted by atomic mass is 35.5. The maximum Gasteiger partial charge on any atom is 0.248 e. The number of hydrogen-bond acceptors (Lipinski definition) is 9. The number of amides is 1. The third-order valence-electron chi connectivity index (χ3n) is 6.03. The molecule has 0 aliphatic carbocycles. The summed E-state index contributed by atoms with van der Waals surface area (Å²) in [5.74, 6) is 0.0310. The molecule has 12 heteroatoms. The van der Waals surface area contributed by atoms with E-state index in [4.69, 9.17) is 30.9 Å². The summed E-state index contributed by atoms with van der Waals surface area (Å²) in [7, 11) is 1.57. The minimum atomic E-state index is -0.523. The minimum Gasteiger partial charge on any atom is -0.489 e. The predicted molar refractivity (Wildman–Crippen MR) is 147 cm³/mol. The Labute approximate surface area is 230 Å². The Balaban J connectivity index is 1.50. The third kappa shape index (κ3) is 8.07. The number of aliphatic hydroxyl groups is 1. The van der Waals surface area contributed by atoms with Crippen molar-refractivity contribution < 1.29 is 28.5 Å². The Morgan fingerprint density at radius 2 is 2.13 bits per heavy atom. The van der Waals surface area contributed by atoms with Crippen LogP contribution in [0.3, 0.4) is 0 Å². The number of likely N-dealkylation sites (tertiary alicyclic amines) is 1. The molecular weight excluding hydrogens is 529 g/mol. The van der Waals surface area contributed by atoms with E-state index in [1.807, 2.05) is 0 Å². The van der Waals surface area contributed by atoms with E-state index in [9.17, 15) is 9.18 Å². The Morgan fingerprint density at radius 1 is 1.26 bits per heavy atom. The lowest BCUT2D eigenvalue weighted by atomic mass is 10.1. The fourth-order valence-corrected chi connectivity index (χ4v) is 4.33. The summed E-state index contributed by atoms with van der Waals surface area (Å²) in [6.07, 6.45) is 5.66. The van der Waals surface area contributed by atoms with Crippen LogP contribution in [0.4, 0.5) is 21.6 Å². The van der Waals surface area contributed by atoms with Crippen molar-refractivity contribution in [3.8, 4) is 5.75 Å². The predicted octanol–water partition coefficient (Wildman–Crippen LogP) is 3.77. The van der Waals surface area contributed by atoms with Crippen LogP contribution in [0.25, 0.3) is 10.9 Å². The summed E-state index contributed by atoms with van der Waals surface area (Å²) in [6.45, 7) is 3.20. The number of aromatic nitrogens is 2. The van der Waals surface area contributed by atoms with Crippen LogP contribution in [0.1, 0.15) is 6.42 Å². The van der Waals surface area contributed by atoms with Crippen molar-refractivity contribution in [2.24, 2.45) is 0 Å². The van der Waals surface area contributed by atoms with Crippen LogP contribution in [0.5, 0.6) is 5.75 Å². The average molecular weight is 560 g/mol. The fraction of sp³-hybridized carbons (Fsp3) is 0.370. The monoisotopic (exact) mass is 559 g/mol. The van der Waals surface area contributed by atoms with Gasteiger partial charge in [0.1, 0.15) is 30.3 Å². The van der Waals surface area contributed by atoms with Crippen molar-refractivity contribution in [3.05, 3.63) is 59.7 Å². The smallest absolute Gasteiger partial charge is 0.248 e. The first kappa shape index (κ1) is 28.7. The van der Waals surface area contributed by atoms with Gasteiger partial charge in [-0.25, -0.2) is 14.4 Å². The van der Waals surface area contributed by atoms with Gasteiger partial charge in [-0.2, -0.15) is 0 Å². The second-order valence-electron chi connectivity index (χ2n) is 8.84. The maximum atomic E-state index is 13.6. The molecule has 1 amide bonds. The van der Waals surface area contributed by atoms with Gasteiger partial charge in [0, 0.05) is 50.0 Å². The summed E-state index contributed by atoms with van der Waals surface area (Å²) in [5.41, 5.74) is 1.55. The number of aliphatic hydroxyl groups excluding tert-OH is 1. The Morgan fingerprint density at radius 3 is 2.92 bits per heavy atom. The molecule has 1 aromatic heterocycles. The number of methoxy groups -OCH3 is 1. The number of carbonyl (C=O) groups is 1. The summed E-state index contributed by atoms with van der Waals surface area (Å²) in [5, 5.41) is 15.5. The molecule has 0 radical (unpaired) electrons. The second kappa shape index (κ2) is 14.2. The molecule has 1 aliphatic rings. The van der Waals surface area contributed by atoms with Crippen molar-refractivity contribution in [1.82, 2.24) is 14.9 Å². The average Bonchev–Trinajstić information content (AvgIpc) is 3.38. The SMILES string of the molecule is COCCOc1cc2ncnc(Nc3ccc(F)c(Cl)c3)c2cc1NC(=O)/C=C/CN1CC[C@@H](OCCO)C1. The zero-order valence-corrected chi connectivity index (χ0v) is 22.3. The third-order valence-corrected chi connectivity index (χ3v) is 6.32. The molecule has 1 atom stereocenters. The summed E-state index contributed by atoms with van der Waals surface area (Å²) in [4.78, 5) is 23.6. The Kier molecular flexibility index (Phi) is 10.4. The van der Waals surface area contributed by atoms with E-state index in [0.29, 0.717) is 53.6 Å². The highest BCUT2D eigenvalue weighted by molar-refractivity contribution is 6.31. The van der Waals surface area contributed by atoms with Crippen molar-refractivity contribution in [1.29, 1.82) is 0 Å². The van der Waals surface area contributed by atoms with Crippen LogP contribution < -0.4 is 15.4 Å². The molecule has 208 valence electrons. The van der Waals surface area contributed by atoms with E-state index in [0.717, 1.165) is 19.5 Å². The molecule has 10 nitrogen and oxygen atoms in total. The number of benzene rings is 2. The lowest BCUT2D eigenvalue weighted by molar-refractivity contribution is -0.111. The van der Waals surface area contributed by atoms with E-state index in [1.165, 1.54) is 24.5 Å². The van der Waals surface area contributed by atoms with Crippen LogP contribution >= 0.6 is 11.6 Å². The van der Waals surface area contributed by atoms with E-state index in [1.54, 1.807) is 31.4 Å². The van der Waals surface area contributed by atoms with Gasteiger partial charge in [-0.05, 0) is 30.7 Å². The molecule has 39 heavy (non-hydrogen) atoms. The number of anilines is 3. The lowest BCUT2D eigenvalue weighted by Crippen LogP contribution is -2.24. The maximum absolute atomic E-state index is 13.6. The number of nitrogens with zero attached hydrogens (tertiary/aromatic N) is 3. The molecule has 0 bridgehead atoms. The van der Waals surface area contributed by atoms with Crippen LogP contribution in [-0.4, -0.2) is 85.2 Å². The van der Waals surface area contributed by atoms with E-state index in [-0.39, 0.29) is 30.2 Å². The van der Waals surface area contributed by atoms with Gasteiger partial charge in [0.05, 0.1) is 42.2 Å². The molecule has 1 saturated heterocycles. The Bertz CT molecular complexity index is 1310. The number of hydrogen-bond donors (Lipinski definition) is 3. The van der Waals surface area contributed by atoms with Gasteiger partial charge in [-0.15, -0.1) is 0 Å². The van der Waals surface area contributed by atoms with Gasteiger partial charge in [0.25, 0.3) is 0 Å². The van der Waals surface area contributed by atoms with Crippen molar-refractivity contribution in [3.63, 3.8) is 0 Å². The van der Waals surface area contributed by atoms with Gasteiger partial charge < -0.3 is 30.0 Å². The highest BCUT2D eigenvalue weighted by Crippen LogP contribution is 2.34. The van der Waals surface area contributed by atoms with Gasteiger partial charge in [0.15, 0.2) is 0 Å². The summed E-state index contributed by atoms with van der Waals surface area (Å²) < 4.78 is 30.1. The van der Waals surface area contributed by atoms with Crippen molar-refractivity contribution in [2.45, 2.75) is 12.5 Å². The quantitative estimate of drug-likeness (QED) is 0.212. The number of carbonyl (C=O) groups excluding carboxylic acids is 1. The molecule has 0 saturated carbocycles. The molecule has 4 rings (SSSR count). The van der Waals surface area contributed by atoms with Crippen LogP contribution in [0, 0.1) is 5.82 Å². The molecule has 1 aliphatic heterocycles. The molecule has 3 N–H and O–H groups in total. The van der Waals surface area contributed by atoms with Crippen molar-refractivity contribution >= 4 is 45.6 Å². The number of fused-ring (bicyclic) bond motifs is 1. The molecule has 0 spiro atoms. The topological polar surface area (TPSA) is 118 Å². The van der Waals surface area contributed by atoms with Crippen molar-refractivity contribution in [2.75, 3.05) is 63.8 Å². The number of halogens is 2. The zero-order chi connectivity index (χ0) is 27.6. The van der Waals surface area contributed by atoms with Gasteiger partial charge in [-0.1, -0.05) is 17.7 Å². The zero-order valence-electron chi connectivity index (χ0n) is 21.5. The first-order valence-electron chi connectivity index (χ1n) is 12.5. The molecule has 1 fully saturated rings. The normalized spacial score (nSPS) is 15.7. The molecule has 3 aromatic rings. The molecular formula is C27H31ClFN5O5. The van der Waals surface area contributed by atoms with Crippen LogP contribution in [0.2, 0.25) is 5.02 Å². The van der Waals surface area contributed by atoms with Crippen LogP contribution in [-0.2, 0) is 14.3 Å². The summed E-state index contributed by atoms with van der Waals surface area (Å²) >= 11 is 5.93. The molecule has 2 aromatic carbocycles. The number of ether oxygens (including phenoxy) is 3. The standard InChI is InChI=1S/C27H31ClFN5O5/c1-37-11-12-39-25-15-23-20(27(31-17-30-23)32-18-4-5-22(29)21(28)13-18)14-24(25)33-26(36)3-2-7-34-8-6-19(16-34)38-10-9-35/h2-5,13-15,17,19,35H,6-12,16H2,1H3,(H,33,36)(H,30,31,32)/b3-2+/t19-/m1/s1. The largest absolute Gasteiger partial charge is 0.489 e. The number of nitrogens with one attached hydrogen (secondary N) is 2. The van der Waals surface area contributed by atoms with E-state index >= 15 is 0 Å². The Hall–Kier alpha value is -3.35. The second-order valence-corrected chi connectivity index (χ2v) is 9.25. The van der Waals surface area contributed by atoms with Gasteiger partial charge in [0.2, 0.25) is 5.91 Å².